The van der Waals surface area contributed by atoms with Gasteiger partial charge in [-0.1, -0.05) is 6.07 Å². The van der Waals surface area contributed by atoms with Crippen LogP contribution in [0.3, 0.4) is 0 Å². The molecule has 0 spiro atoms. The van der Waals surface area contributed by atoms with E-state index in [0.717, 1.165) is 16.0 Å². The Kier molecular flexibility index (Phi) is 7.66. The fraction of sp³-hybridized carbons (Fsp3) is 0.407. The summed E-state index contributed by atoms with van der Waals surface area (Å²) in [6.07, 6.45) is 1.79. The molecule has 0 unspecified atom stereocenters. The van der Waals surface area contributed by atoms with E-state index in [1.807, 2.05) is 6.07 Å². The molecule has 3 aromatic rings. The molecule has 9 nitrogen and oxygen atoms in total. The van der Waals surface area contributed by atoms with Crippen LogP contribution in [0.5, 0.6) is 0 Å². The van der Waals surface area contributed by atoms with Gasteiger partial charge in [-0.3, -0.25) is 19.1 Å². The Hall–Kier alpha value is -4.02. The van der Waals surface area contributed by atoms with Gasteiger partial charge in [-0.25, -0.2) is 18.7 Å². The first-order valence-electron chi connectivity index (χ1n) is 12.3. The minimum Gasteiger partial charge on any atom is -0.345 e. The van der Waals surface area contributed by atoms with Crippen LogP contribution in [-0.4, -0.2) is 67.0 Å². The number of alkyl halides is 1. The molecule has 200 valence electrons. The Bertz CT molecular complexity index is 1430. The monoisotopic (exact) mass is 524 g/mol. The number of carbonyl (C=O) groups excluding carboxylic acids is 3. The van der Waals surface area contributed by atoms with E-state index >= 15 is 0 Å². The number of benzene rings is 1. The molecule has 1 fully saturated rings. The van der Waals surface area contributed by atoms with Crippen LogP contribution in [-0.2, 0) is 16.1 Å². The highest BCUT2D eigenvalue weighted by Gasteiger charge is 2.40. The summed E-state index contributed by atoms with van der Waals surface area (Å²) >= 11 is 0. The van der Waals surface area contributed by atoms with E-state index in [0.29, 0.717) is 22.3 Å². The molecule has 1 saturated heterocycles. The number of nitrogens with zero attached hydrogens (tertiary/aromatic N) is 5. The second-order valence-electron chi connectivity index (χ2n) is 9.79. The molecule has 2 aromatic heterocycles. The van der Waals surface area contributed by atoms with Crippen molar-refractivity contribution in [2.75, 3.05) is 6.54 Å². The molecule has 0 saturated carbocycles. The summed E-state index contributed by atoms with van der Waals surface area (Å²) in [4.78, 5) is 48.1. The van der Waals surface area contributed by atoms with Crippen LogP contribution >= 0.6 is 0 Å². The van der Waals surface area contributed by atoms with Crippen molar-refractivity contribution >= 4 is 28.5 Å². The Morgan fingerprint density at radius 3 is 2.45 bits per heavy atom. The lowest BCUT2D eigenvalue weighted by atomic mass is 10.0. The average molecular weight is 525 g/mol. The van der Waals surface area contributed by atoms with E-state index in [4.69, 9.17) is 0 Å². The number of hydrogen-bond donors (Lipinski definition) is 1. The Morgan fingerprint density at radius 2 is 1.82 bits per heavy atom. The molecule has 1 aliphatic heterocycles. The molecular weight excluding hydrogens is 494 g/mol. The predicted molar refractivity (Wildman–Crippen MR) is 138 cm³/mol. The van der Waals surface area contributed by atoms with Gasteiger partial charge in [-0.2, -0.15) is 5.10 Å². The summed E-state index contributed by atoms with van der Waals surface area (Å²) in [5, 5.41) is 7.45. The molecular formula is C27H30F2N6O3. The Labute approximate surface area is 218 Å². The van der Waals surface area contributed by atoms with Gasteiger partial charge in [-0.05, 0) is 51.0 Å². The number of Topliss-reactive ketones (excluding diaryl/α,β-unsaturated/α-hetero) is 1. The third-order valence-electron chi connectivity index (χ3n) is 6.57. The van der Waals surface area contributed by atoms with Gasteiger partial charge < -0.3 is 10.2 Å². The van der Waals surface area contributed by atoms with Gasteiger partial charge in [0.25, 0.3) is 0 Å². The predicted octanol–water partition coefficient (Wildman–Crippen LogP) is 3.71. The minimum absolute atomic E-state index is 0.179. The maximum Gasteiger partial charge on any atom is 0.245 e. The number of nitrogens with one attached hydrogen (secondary N) is 1. The van der Waals surface area contributed by atoms with Crippen LogP contribution in [0.25, 0.3) is 22.0 Å². The largest absolute Gasteiger partial charge is 0.345 e. The number of rotatable bonds is 7. The number of hydrogen-bond acceptors (Lipinski definition) is 6. The van der Waals surface area contributed by atoms with Crippen molar-refractivity contribution in [2.24, 2.45) is 0 Å². The first-order chi connectivity index (χ1) is 18.0. The fourth-order valence-corrected chi connectivity index (χ4v) is 4.61. The normalized spacial score (nSPS) is 17.9. The topological polar surface area (TPSA) is 110 Å². The summed E-state index contributed by atoms with van der Waals surface area (Å²) in [6.45, 7) is 7.27. The van der Waals surface area contributed by atoms with E-state index < -0.39 is 35.9 Å². The molecule has 0 aliphatic carbocycles. The molecule has 1 N–H and O–H groups in total. The van der Waals surface area contributed by atoms with Crippen molar-refractivity contribution in [1.29, 1.82) is 0 Å². The highest BCUT2D eigenvalue weighted by atomic mass is 19.1. The molecule has 4 rings (SSSR count). The number of likely N-dealkylation sites (tertiary alicyclic amines) is 1. The minimum atomic E-state index is -1.39. The lowest BCUT2D eigenvalue weighted by molar-refractivity contribution is -0.139. The van der Waals surface area contributed by atoms with Gasteiger partial charge in [-0.15, -0.1) is 0 Å². The van der Waals surface area contributed by atoms with Crippen molar-refractivity contribution in [1.82, 2.24) is 30.0 Å². The van der Waals surface area contributed by atoms with Crippen LogP contribution in [0.15, 0.2) is 42.0 Å². The summed E-state index contributed by atoms with van der Waals surface area (Å²) in [5.74, 6) is -1.29. The number of aryl methyl sites for hydroxylation is 1. The third-order valence-corrected chi connectivity index (χ3v) is 6.57. The van der Waals surface area contributed by atoms with Crippen molar-refractivity contribution < 1.29 is 23.2 Å². The molecule has 3 heterocycles. The van der Waals surface area contributed by atoms with Crippen LogP contribution in [0.1, 0.15) is 50.4 Å². The van der Waals surface area contributed by atoms with Gasteiger partial charge in [0.15, 0.2) is 5.78 Å². The molecule has 3 atom stereocenters. The van der Waals surface area contributed by atoms with Crippen LogP contribution < -0.4 is 5.32 Å². The third kappa shape index (κ3) is 5.46. The highest BCUT2D eigenvalue weighted by Crippen LogP contribution is 2.28. The lowest BCUT2D eigenvalue weighted by Crippen LogP contribution is -2.49. The van der Waals surface area contributed by atoms with E-state index in [2.05, 4.69) is 20.4 Å². The standard InChI is InChI=1S/C27H30F2N6O3/c1-14(2)25(29)15(3)32-27(38)23-9-20(28)12-34(23)24(37)13-35-22-7-6-18(19-10-30-17(5)31-11-19)8-21(22)26(33-35)16(4)36/h6-8,10-11,15,20,23H,9,12-13H2,1-5H3,(H,32,38)/t15-,20+,23-/m0/s1. The zero-order chi connectivity index (χ0) is 27.7. The van der Waals surface area contributed by atoms with E-state index in [1.54, 1.807) is 45.3 Å². The summed E-state index contributed by atoms with van der Waals surface area (Å²) in [5.41, 5.74) is 2.68. The van der Waals surface area contributed by atoms with Crippen molar-refractivity contribution in [3.8, 4) is 11.1 Å². The first-order valence-corrected chi connectivity index (χ1v) is 12.3. The molecule has 0 radical (unpaired) electrons. The van der Waals surface area contributed by atoms with Crippen LogP contribution in [0, 0.1) is 6.92 Å². The quantitative estimate of drug-likeness (QED) is 0.472. The van der Waals surface area contributed by atoms with E-state index in [1.165, 1.54) is 18.5 Å². The number of allylic oxidation sites excluding steroid dienone is 1. The molecule has 38 heavy (non-hydrogen) atoms. The van der Waals surface area contributed by atoms with Crippen molar-refractivity contribution in [3.05, 3.63) is 53.5 Å². The molecule has 1 aromatic carbocycles. The second kappa shape index (κ2) is 10.8. The lowest BCUT2D eigenvalue weighted by Gasteiger charge is -2.25. The zero-order valence-corrected chi connectivity index (χ0v) is 22.0. The van der Waals surface area contributed by atoms with Crippen LogP contribution in [0.2, 0.25) is 0 Å². The molecule has 1 aliphatic rings. The van der Waals surface area contributed by atoms with Gasteiger partial charge in [0, 0.05) is 36.7 Å². The Balaban J connectivity index is 1.60. The number of ketones is 1. The molecule has 11 heteroatoms. The smallest absolute Gasteiger partial charge is 0.245 e. The van der Waals surface area contributed by atoms with Crippen molar-refractivity contribution in [2.45, 2.75) is 65.8 Å². The van der Waals surface area contributed by atoms with Gasteiger partial charge in [0.1, 0.15) is 36.1 Å². The number of fused-ring (bicyclic) bond motifs is 1. The number of amides is 2. The average Bonchev–Trinajstić information content (AvgIpc) is 3.44. The van der Waals surface area contributed by atoms with Gasteiger partial charge >= 0.3 is 0 Å². The Morgan fingerprint density at radius 1 is 1.13 bits per heavy atom. The summed E-state index contributed by atoms with van der Waals surface area (Å²) < 4.78 is 30.0. The van der Waals surface area contributed by atoms with E-state index in [9.17, 15) is 23.2 Å². The fourth-order valence-electron chi connectivity index (χ4n) is 4.61. The number of carbonyl (C=O) groups is 3. The first kappa shape index (κ1) is 27.0. The number of aromatic nitrogens is 4. The number of halogens is 2. The maximum atomic E-state index is 14.4. The van der Waals surface area contributed by atoms with E-state index in [-0.39, 0.29) is 31.0 Å². The van der Waals surface area contributed by atoms with Crippen molar-refractivity contribution in [3.63, 3.8) is 0 Å². The van der Waals surface area contributed by atoms with Crippen LogP contribution in [0.4, 0.5) is 8.78 Å². The molecule has 0 bridgehead atoms. The summed E-state index contributed by atoms with van der Waals surface area (Å²) in [7, 11) is 0. The SMILES string of the molecule is CC(=O)c1nn(CC(=O)N2C[C@H](F)C[C@H]2C(=O)N[C@@H](C)C(F)=C(C)C)c2ccc(-c3cnc(C)nc3)cc12. The summed E-state index contributed by atoms with van der Waals surface area (Å²) in [6, 6.07) is 3.37. The zero-order valence-electron chi connectivity index (χ0n) is 22.0. The highest BCUT2D eigenvalue weighted by molar-refractivity contribution is 6.06. The van der Waals surface area contributed by atoms with Gasteiger partial charge in [0.05, 0.1) is 18.1 Å². The second-order valence-corrected chi connectivity index (χ2v) is 9.79. The molecule has 2 amide bonds. The maximum absolute atomic E-state index is 14.4. The van der Waals surface area contributed by atoms with Gasteiger partial charge in [0.2, 0.25) is 11.8 Å².